The van der Waals surface area contributed by atoms with Crippen LogP contribution in [0.5, 0.6) is 5.75 Å². The van der Waals surface area contributed by atoms with Gasteiger partial charge >= 0.3 is 0 Å². The second-order valence-corrected chi connectivity index (χ2v) is 5.34. The molecule has 1 saturated heterocycles. The molecule has 0 aromatic heterocycles. The van der Waals surface area contributed by atoms with Gasteiger partial charge in [-0.2, -0.15) is 0 Å². The number of rotatable bonds is 4. The summed E-state index contributed by atoms with van der Waals surface area (Å²) in [5.41, 5.74) is 1.39. The van der Waals surface area contributed by atoms with Crippen molar-refractivity contribution in [1.82, 2.24) is 10.2 Å². The fourth-order valence-corrected chi connectivity index (χ4v) is 2.48. The molecule has 1 aromatic carbocycles. The van der Waals surface area contributed by atoms with E-state index in [1.165, 1.54) is 24.8 Å². The van der Waals surface area contributed by atoms with Crippen molar-refractivity contribution in [3.8, 4) is 5.75 Å². The van der Waals surface area contributed by atoms with Gasteiger partial charge in [0, 0.05) is 32.7 Å². The average molecular weight is 246 g/mol. The maximum Gasteiger partial charge on any atom is 0.119 e. The van der Waals surface area contributed by atoms with Crippen molar-refractivity contribution in [3.63, 3.8) is 0 Å². The van der Waals surface area contributed by atoms with Gasteiger partial charge < -0.3 is 10.1 Å². The SMILES string of the molecule is c1cc(OC2CCC2)ccc1CN1CCNCC1. The van der Waals surface area contributed by atoms with E-state index < -0.39 is 0 Å². The zero-order valence-electron chi connectivity index (χ0n) is 10.9. The molecule has 98 valence electrons. The minimum absolute atomic E-state index is 0.476. The molecule has 0 amide bonds. The van der Waals surface area contributed by atoms with Crippen LogP contribution in [0.25, 0.3) is 0 Å². The van der Waals surface area contributed by atoms with Crippen LogP contribution in [0.4, 0.5) is 0 Å². The standard InChI is InChI=1S/C15H22N2O/c1-2-14(3-1)18-15-6-4-13(5-7-15)12-17-10-8-16-9-11-17/h4-7,14,16H,1-3,8-12H2. The van der Waals surface area contributed by atoms with Crippen molar-refractivity contribution >= 4 is 0 Å². The Balaban J connectivity index is 1.52. The van der Waals surface area contributed by atoms with E-state index >= 15 is 0 Å². The van der Waals surface area contributed by atoms with E-state index in [4.69, 9.17) is 4.74 Å². The van der Waals surface area contributed by atoms with Gasteiger partial charge in [0.05, 0.1) is 6.10 Å². The van der Waals surface area contributed by atoms with Crippen LogP contribution in [0.15, 0.2) is 24.3 Å². The zero-order valence-corrected chi connectivity index (χ0v) is 10.9. The first-order valence-corrected chi connectivity index (χ1v) is 7.09. The lowest BCUT2D eigenvalue weighted by atomic mass is 9.96. The molecule has 0 radical (unpaired) electrons. The third-order valence-corrected chi connectivity index (χ3v) is 3.89. The molecule has 0 atom stereocenters. The summed E-state index contributed by atoms with van der Waals surface area (Å²) in [7, 11) is 0. The summed E-state index contributed by atoms with van der Waals surface area (Å²) < 4.78 is 5.87. The van der Waals surface area contributed by atoms with Gasteiger partial charge in [0.25, 0.3) is 0 Å². The van der Waals surface area contributed by atoms with E-state index in [0.29, 0.717) is 6.10 Å². The summed E-state index contributed by atoms with van der Waals surface area (Å²) in [6, 6.07) is 8.65. The molecule has 1 aliphatic heterocycles. The predicted molar refractivity (Wildman–Crippen MR) is 72.9 cm³/mol. The van der Waals surface area contributed by atoms with Crippen LogP contribution >= 0.6 is 0 Å². The van der Waals surface area contributed by atoms with Crippen molar-refractivity contribution in [2.75, 3.05) is 26.2 Å². The summed E-state index contributed by atoms with van der Waals surface area (Å²) in [5.74, 6) is 1.03. The van der Waals surface area contributed by atoms with Crippen LogP contribution in [-0.2, 0) is 6.54 Å². The van der Waals surface area contributed by atoms with E-state index in [1.807, 2.05) is 0 Å². The van der Waals surface area contributed by atoms with Crippen molar-refractivity contribution < 1.29 is 4.74 Å². The average Bonchev–Trinajstić information content (AvgIpc) is 2.37. The minimum atomic E-state index is 0.476. The Morgan fingerprint density at radius 3 is 2.44 bits per heavy atom. The summed E-state index contributed by atoms with van der Waals surface area (Å²) in [6.45, 7) is 5.60. The molecule has 1 heterocycles. The second-order valence-electron chi connectivity index (χ2n) is 5.34. The molecule has 3 rings (SSSR count). The van der Waals surface area contributed by atoms with Gasteiger partial charge in [0.2, 0.25) is 0 Å². The molecule has 0 spiro atoms. The van der Waals surface area contributed by atoms with Crippen molar-refractivity contribution in [1.29, 1.82) is 0 Å². The molecule has 1 aromatic rings. The highest BCUT2D eigenvalue weighted by molar-refractivity contribution is 5.27. The van der Waals surface area contributed by atoms with E-state index in [2.05, 4.69) is 34.5 Å². The highest BCUT2D eigenvalue weighted by atomic mass is 16.5. The largest absolute Gasteiger partial charge is 0.490 e. The van der Waals surface area contributed by atoms with Crippen molar-refractivity contribution in [2.24, 2.45) is 0 Å². The molecular formula is C15H22N2O. The minimum Gasteiger partial charge on any atom is -0.490 e. The van der Waals surface area contributed by atoms with Gasteiger partial charge in [-0.1, -0.05) is 12.1 Å². The maximum absolute atomic E-state index is 5.87. The zero-order chi connectivity index (χ0) is 12.2. The lowest BCUT2D eigenvalue weighted by Crippen LogP contribution is -2.42. The van der Waals surface area contributed by atoms with Gasteiger partial charge in [0.15, 0.2) is 0 Å². The van der Waals surface area contributed by atoms with E-state index in [9.17, 15) is 0 Å². The fraction of sp³-hybridized carbons (Fsp3) is 0.600. The number of piperazine rings is 1. The van der Waals surface area contributed by atoms with E-state index in [0.717, 1.165) is 38.5 Å². The lowest BCUT2D eigenvalue weighted by Gasteiger charge is -2.28. The molecule has 1 N–H and O–H groups in total. The summed E-state index contributed by atoms with van der Waals surface area (Å²) in [6.07, 6.45) is 4.25. The monoisotopic (exact) mass is 246 g/mol. The second kappa shape index (κ2) is 5.72. The number of hydrogen-bond acceptors (Lipinski definition) is 3. The Kier molecular flexibility index (Phi) is 3.81. The first-order valence-electron chi connectivity index (χ1n) is 7.09. The van der Waals surface area contributed by atoms with Gasteiger partial charge in [-0.05, 0) is 37.0 Å². The van der Waals surface area contributed by atoms with Gasteiger partial charge in [0.1, 0.15) is 5.75 Å². The van der Waals surface area contributed by atoms with Gasteiger partial charge in [-0.3, -0.25) is 4.90 Å². The van der Waals surface area contributed by atoms with Crippen LogP contribution < -0.4 is 10.1 Å². The number of hydrogen-bond donors (Lipinski definition) is 1. The van der Waals surface area contributed by atoms with Crippen LogP contribution in [0.2, 0.25) is 0 Å². The van der Waals surface area contributed by atoms with Crippen LogP contribution in [0, 0.1) is 0 Å². The van der Waals surface area contributed by atoms with Crippen LogP contribution in [0.1, 0.15) is 24.8 Å². The summed E-state index contributed by atoms with van der Waals surface area (Å²) >= 11 is 0. The first kappa shape index (κ1) is 12.0. The topological polar surface area (TPSA) is 24.5 Å². The van der Waals surface area contributed by atoms with Crippen molar-refractivity contribution in [2.45, 2.75) is 31.9 Å². The predicted octanol–water partition coefficient (Wildman–Crippen LogP) is 2.02. The third kappa shape index (κ3) is 3.03. The van der Waals surface area contributed by atoms with Crippen LogP contribution in [0.3, 0.4) is 0 Å². The molecule has 18 heavy (non-hydrogen) atoms. The molecule has 3 nitrogen and oxygen atoms in total. The first-order chi connectivity index (χ1) is 8.90. The van der Waals surface area contributed by atoms with Crippen LogP contribution in [-0.4, -0.2) is 37.2 Å². The smallest absolute Gasteiger partial charge is 0.119 e. The van der Waals surface area contributed by atoms with Crippen molar-refractivity contribution in [3.05, 3.63) is 29.8 Å². The molecule has 2 fully saturated rings. The molecule has 2 aliphatic rings. The molecular weight excluding hydrogens is 224 g/mol. The Bertz CT molecular complexity index is 367. The van der Waals surface area contributed by atoms with E-state index in [1.54, 1.807) is 0 Å². The van der Waals surface area contributed by atoms with Gasteiger partial charge in [-0.25, -0.2) is 0 Å². The number of benzene rings is 1. The maximum atomic E-state index is 5.87. The third-order valence-electron chi connectivity index (χ3n) is 3.89. The Labute approximate surface area is 109 Å². The fourth-order valence-electron chi connectivity index (χ4n) is 2.48. The highest BCUT2D eigenvalue weighted by Crippen LogP contribution is 2.25. The number of nitrogens with one attached hydrogen (secondary N) is 1. The Morgan fingerprint density at radius 1 is 1.11 bits per heavy atom. The molecule has 0 unspecified atom stereocenters. The molecule has 0 bridgehead atoms. The molecule has 1 aliphatic carbocycles. The summed E-state index contributed by atoms with van der Waals surface area (Å²) in [5, 5.41) is 3.38. The molecule has 1 saturated carbocycles. The molecule has 3 heteroatoms. The normalized spacial score (nSPS) is 21.6. The number of ether oxygens (including phenoxy) is 1. The van der Waals surface area contributed by atoms with E-state index in [-0.39, 0.29) is 0 Å². The lowest BCUT2D eigenvalue weighted by molar-refractivity contribution is 0.120. The Morgan fingerprint density at radius 2 is 1.83 bits per heavy atom. The Hall–Kier alpha value is -1.06. The quantitative estimate of drug-likeness (QED) is 0.879. The summed E-state index contributed by atoms with van der Waals surface area (Å²) in [4.78, 5) is 2.50. The highest BCUT2D eigenvalue weighted by Gasteiger charge is 2.18. The number of nitrogens with zero attached hydrogens (tertiary/aromatic N) is 1. The van der Waals surface area contributed by atoms with Gasteiger partial charge in [-0.15, -0.1) is 0 Å².